The van der Waals surface area contributed by atoms with Gasteiger partial charge in [-0.25, -0.2) is 0 Å². The first-order chi connectivity index (χ1) is 13.9. The molecule has 0 amide bonds. The summed E-state index contributed by atoms with van der Waals surface area (Å²) in [6, 6.07) is 18.8. The lowest BCUT2D eigenvalue weighted by molar-refractivity contribution is 0.148. The van der Waals surface area contributed by atoms with Crippen molar-refractivity contribution in [3.63, 3.8) is 0 Å². The van der Waals surface area contributed by atoms with Gasteiger partial charge in [0, 0.05) is 10.0 Å². The van der Waals surface area contributed by atoms with Crippen molar-refractivity contribution in [2.24, 2.45) is 0 Å². The number of aliphatic hydroxyl groups excluding tert-OH is 1. The summed E-state index contributed by atoms with van der Waals surface area (Å²) in [6.45, 7) is 4.31. The molecule has 0 bridgehead atoms. The molecule has 2 unspecified atom stereocenters. The van der Waals surface area contributed by atoms with Crippen molar-refractivity contribution >= 4 is 44.7 Å². The van der Waals surface area contributed by atoms with Crippen LogP contribution in [0.4, 0.5) is 0 Å². The highest BCUT2D eigenvalue weighted by molar-refractivity contribution is 6.36. The molecule has 0 aliphatic heterocycles. The molecule has 0 fully saturated rings. The van der Waals surface area contributed by atoms with Crippen LogP contribution in [0, 0.1) is 13.8 Å². The highest BCUT2D eigenvalue weighted by atomic mass is 35.5. The lowest BCUT2D eigenvalue weighted by atomic mass is 9.76. The minimum atomic E-state index is -0.518. The third kappa shape index (κ3) is 3.04. The van der Waals surface area contributed by atoms with Crippen molar-refractivity contribution in [1.82, 2.24) is 0 Å². The van der Waals surface area contributed by atoms with E-state index in [2.05, 4.69) is 50.2 Å². The number of aliphatic hydroxyl groups is 1. The summed E-state index contributed by atoms with van der Waals surface area (Å²) in [6.07, 6.45) is 0.938. The van der Waals surface area contributed by atoms with Crippen LogP contribution >= 0.6 is 23.2 Å². The Morgan fingerprint density at radius 2 is 1.52 bits per heavy atom. The summed E-state index contributed by atoms with van der Waals surface area (Å²) in [7, 11) is 0. The topological polar surface area (TPSA) is 20.2 Å². The average molecular weight is 421 g/mol. The molecule has 0 aromatic heterocycles. The van der Waals surface area contributed by atoms with E-state index in [9.17, 15) is 5.11 Å². The minimum absolute atomic E-state index is 0.0970. The first-order valence-electron chi connectivity index (χ1n) is 10.0. The number of hydrogen-bond donors (Lipinski definition) is 1. The zero-order valence-electron chi connectivity index (χ0n) is 16.5. The Morgan fingerprint density at radius 3 is 2.28 bits per heavy atom. The molecule has 4 aromatic carbocycles. The molecule has 2 atom stereocenters. The predicted octanol–water partition coefficient (Wildman–Crippen LogP) is 7.68. The SMILES string of the molecule is Cc1cc2ccc3c4c(ccc3c2cc1C)C(O)CC(c1c(Cl)cccc1Cl)C4. The zero-order valence-corrected chi connectivity index (χ0v) is 18.0. The van der Waals surface area contributed by atoms with E-state index in [1.165, 1.54) is 38.2 Å². The number of halogens is 2. The van der Waals surface area contributed by atoms with Gasteiger partial charge in [-0.1, -0.05) is 65.7 Å². The van der Waals surface area contributed by atoms with E-state index in [-0.39, 0.29) is 5.92 Å². The molecule has 1 aliphatic rings. The molecule has 0 radical (unpaired) electrons. The molecule has 0 saturated heterocycles. The summed E-state index contributed by atoms with van der Waals surface area (Å²) in [5.74, 6) is 0.0970. The Labute approximate surface area is 180 Å². The van der Waals surface area contributed by atoms with Gasteiger partial charge in [-0.05, 0) is 94.1 Å². The van der Waals surface area contributed by atoms with Crippen molar-refractivity contribution in [3.05, 3.63) is 92.5 Å². The van der Waals surface area contributed by atoms with Gasteiger partial charge in [-0.15, -0.1) is 0 Å². The molecule has 0 spiro atoms. The third-order valence-electron chi connectivity index (χ3n) is 6.50. The van der Waals surface area contributed by atoms with E-state index in [0.717, 1.165) is 17.5 Å². The van der Waals surface area contributed by atoms with Gasteiger partial charge in [0.05, 0.1) is 6.10 Å². The smallest absolute Gasteiger partial charge is 0.0798 e. The Hall–Kier alpha value is -2.06. The van der Waals surface area contributed by atoms with Crippen LogP contribution in [0.3, 0.4) is 0 Å². The van der Waals surface area contributed by atoms with Gasteiger partial charge >= 0.3 is 0 Å². The predicted molar refractivity (Wildman–Crippen MR) is 123 cm³/mol. The average Bonchev–Trinajstić information content (AvgIpc) is 2.68. The van der Waals surface area contributed by atoms with E-state index in [0.29, 0.717) is 16.5 Å². The summed E-state index contributed by atoms with van der Waals surface area (Å²) in [5, 5.41) is 17.3. The fourth-order valence-corrected chi connectivity index (χ4v) is 5.58. The fourth-order valence-electron chi connectivity index (χ4n) is 4.88. The normalized spacial score (nSPS) is 18.9. The van der Waals surface area contributed by atoms with E-state index in [1.54, 1.807) is 0 Å². The summed E-state index contributed by atoms with van der Waals surface area (Å²) >= 11 is 13.0. The van der Waals surface area contributed by atoms with Crippen LogP contribution in [-0.4, -0.2) is 5.11 Å². The van der Waals surface area contributed by atoms with Crippen LogP contribution in [0.2, 0.25) is 10.0 Å². The Balaban J connectivity index is 1.72. The maximum atomic E-state index is 10.9. The molecule has 4 aromatic rings. The number of rotatable bonds is 1. The van der Waals surface area contributed by atoms with Crippen LogP contribution < -0.4 is 0 Å². The molecule has 1 aliphatic carbocycles. The molecule has 5 rings (SSSR count). The Bertz CT molecular complexity index is 1250. The van der Waals surface area contributed by atoms with Crippen LogP contribution in [0.15, 0.2) is 54.6 Å². The zero-order chi connectivity index (χ0) is 20.3. The van der Waals surface area contributed by atoms with Crippen molar-refractivity contribution in [1.29, 1.82) is 0 Å². The van der Waals surface area contributed by atoms with E-state index >= 15 is 0 Å². The molecule has 0 saturated carbocycles. The number of benzene rings is 4. The second-order valence-corrected chi connectivity index (χ2v) is 9.05. The van der Waals surface area contributed by atoms with E-state index < -0.39 is 6.10 Å². The monoisotopic (exact) mass is 420 g/mol. The first-order valence-corrected chi connectivity index (χ1v) is 10.8. The third-order valence-corrected chi connectivity index (χ3v) is 7.16. The Kier molecular flexibility index (Phi) is 4.58. The maximum Gasteiger partial charge on any atom is 0.0798 e. The largest absolute Gasteiger partial charge is 0.388 e. The van der Waals surface area contributed by atoms with Crippen molar-refractivity contribution in [2.45, 2.75) is 38.7 Å². The van der Waals surface area contributed by atoms with Gasteiger partial charge in [0.2, 0.25) is 0 Å². The molecule has 146 valence electrons. The van der Waals surface area contributed by atoms with E-state index in [1.807, 2.05) is 18.2 Å². The fraction of sp³-hybridized carbons (Fsp3) is 0.231. The number of aryl methyl sites for hydroxylation is 2. The highest BCUT2D eigenvalue weighted by Gasteiger charge is 2.30. The van der Waals surface area contributed by atoms with Crippen LogP contribution in [-0.2, 0) is 6.42 Å². The second-order valence-electron chi connectivity index (χ2n) is 8.24. The van der Waals surface area contributed by atoms with Crippen LogP contribution in [0.1, 0.15) is 46.3 Å². The first kappa shape index (κ1) is 18.9. The molecule has 1 nitrogen and oxygen atoms in total. The standard InChI is InChI=1S/C26H22Cl2O/c1-14-10-16-6-7-19-18(21(16)11-15(14)2)8-9-20-22(19)12-17(13-25(20)29)26-23(27)4-3-5-24(26)28/h3-11,17,25,29H,12-13H2,1-2H3. The molecule has 29 heavy (non-hydrogen) atoms. The second kappa shape index (κ2) is 7.02. The van der Waals surface area contributed by atoms with Crippen LogP contribution in [0.5, 0.6) is 0 Å². The quantitative estimate of drug-likeness (QED) is 0.313. The van der Waals surface area contributed by atoms with Gasteiger partial charge in [0.15, 0.2) is 0 Å². The van der Waals surface area contributed by atoms with Crippen LogP contribution in [0.25, 0.3) is 21.5 Å². The maximum absolute atomic E-state index is 10.9. The Morgan fingerprint density at radius 1 is 0.828 bits per heavy atom. The van der Waals surface area contributed by atoms with Gasteiger partial charge in [0.25, 0.3) is 0 Å². The van der Waals surface area contributed by atoms with Crippen molar-refractivity contribution in [3.8, 4) is 0 Å². The van der Waals surface area contributed by atoms with E-state index in [4.69, 9.17) is 23.2 Å². The molecular formula is C26H22Cl2O. The minimum Gasteiger partial charge on any atom is -0.388 e. The lowest BCUT2D eigenvalue weighted by Crippen LogP contribution is -2.18. The van der Waals surface area contributed by atoms with Gasteiger partial charge < -0.3 is 5.11 Å². The highest BCUT2D eigenvalue weighted by Crippen LogP contribution is 2.45. The van der Waals surface area contributed by atoms with Gasteiger partial charge in [-0.3, -0.25) is 0 Å². The van der Waals surface area contributed by atoms with Crippen molar-refractivity contribution < 1.29 is 5.11 Å². The van der Waals surface area contributed by atoms with Gasteiger partial charge in [0.1, 0.15) is 0 Å². The lowest BCUT2D eigenvalue weighted by Gasteiger charge is -2.31. The summed E-state index contributed by atoms with van der Waals surface area (Å²) in [4.78, 5) is 0. The molecule has 0 heterocycles. The van der Waals surface area contributed by atoms with Crippen molar-refractivity contribution in [2.75, 3.05) is 0 Å². The molecular weight excluding hydrogens is 399 g/mol. The molecule has 3 heteroatoms. The summed E-state index contributed by atoms with van der Waals surface area (Å²) < 4.78 is 0. The number of fused-ring (bicyclic) bond motifs is 5. The molecule has 1 N–H and O–H groups in total. The number of hydrogen-bond acceptors (Lipinski definition) is 1. The van der Waals surface area contributed by atoms with Gasteiger partial charge in [-0.2, -0.15) is 0 Å². The summed E-state index contributed by atoms with van der Waals surface area (Å²) in [5.41, 5.74) is 5.79.